The predicted molar refractivity (Wildman–Crippen MR) is 100 cm³/mol. The molecule has 0 fully saturated rings. The predicted octanol–water partition coefficient (Wildman–Crippen LogP) is 3.30. The van der Waals surface area contributed by atoms with Crippen molar-refractivity contribution in [2.75, 3.05) is 0 Å². The Hall–Kier alpha value is -3.28. The molecule has 1 N–H and O–H groups in total. The third-order valence-electron chi connectivity index (χ3n) is 4.08. The molecule has 0 bridgehead atoms. The van der Waals surface area contributed by atoms with Crippen LogP contribution in [0.5, 0.6) is 0 Å². The fraction of sp³-hybridized carbons (Fsp3) is 0.200. The number of rotatable bonds is 6. The molecule has 3 rings (SSSR count). The summed E-state index contributed by atoms with van der Waals surface area (Å²) in [5.74, 6) is -1.08. The zero-order valence-corrected chi connectivity index (χ0v) is 14.4. The highest BCUT2D eigenvalue weighted by Gasteiger charge is 2.12. The van der Waals surface area contributed by atoms with Gasteiger partial charge in [0.1, 0.15) is 5.65 Å². The molecule has 0 saturated carbocycles. The first kappa shape index (κ1) is 17.5. The van der Waals surface area contributed by atoms with Crippen molar-refractivity contribution in [3.05, 3.63) is 75.6 Å². The van der Waals surface area contributed by atoms with Crippen LogP contribution in [0.2, 0.25) is 0 Å². The quantitative estimate of drug-likeness (QED) is 0.738. The van der Waals surface area contributed by atoms with Crippen LogP contribution in [0.3, 0.4) is 0 Å². The highest BCUT2D eigenvalue weighted by molar-refractivity contribution is 5.87. The number of hydrogen-bond donors (Lipinski definition) is 1. The number of pyridine rings is 2. The largest absolute Gasteiger partial charge is 0.478 e. The molecule has 0 aromatic carbocycles. The normalized spacial score (nSPS) is 11.3. The molecule has 3 aromatic heterocycles. The highest BCUT2D eigenvalue weighted by atomic mass is 16.4. The summed E-state index contributed by atoms with van der Waals surface area (Å²) in [5.41, 5.74) is 2.20. The number of fused-ring (bicyclic) bond motifs is 1. The molecule has 0 aliphatic carbocycles. The van der Waals surface area contributed by atoms with Gasteiger partial charge in [-0.05, 0) is 49.3 Å². The van der Waals surface area contributed by atoms with E-state index in [1.54, 1.807) is 18.3 Å². The van der Waals surface area contributed by atoms with Crippen LogP contribution < -0.4 is 5.56 Å². The summed E-state index contributed by atoms with van der Waals surface area (Å²) in [6.07, 6.45) is 9.03. The van der Waals surface area contributed by atoms with Crippen LogP contribution in [0, 0.1) is 0 Å². The number of unbranched alkanes of at least 4 members (excludes halogenated alkanes) is 1. The van der Waals surface area contributed by atoms with Crippen molar-refractivity contribution >= 4 is 23.8 Å². The second-order valence-electron chi connectivity index (χ2n) is 5.92. The molecule has 132 valence electrons. The highest BCUT2D eigenvalue weighted by Crippen LogP contribution is 2.13. The van der Waals surface area contributed by atoms with Crippen molar-refractivity contribution < 1.29 is 9.90 Å². The van der Waals surface area contributed by atoms with E-state index in [2.05, 4.69) is 16.9 Å². The Bertz CT molecular complexity index is 1020. The molecular weight excluding hydrogens is 330 g/mol. The van der Waals surface area contributed by atoms with Crippen molar-refractivity contribution in [3.63, 3.8) is 0 Å². The van der Waals surface area contributed by atoms with Crippen LogP contribution in [0.25, 0.3) is 17.8 Å². The van der Waals surface area contributed by atoms with E-state index in [9.17, 15) is 9.59 Å². The number of aromatic nitrogens is 3. The lowest BCUT2D eigenvalue weighted by Crippen LogP contribution is -2.22. The summed E-state index contributed by atoms with van der Waals surface area (Å²) < 4.78 is 1.31. The van der Waals surface area contributed by atoms with Gasteiger partial charge in [0.15, 0.2) is 0 Å². The number of carboxylic acid groups (broad SMARTS) is 1. The summed E-state index contributed by atoms with van der Waals surface area (Å²) >= 11 is 0. The van der Waals surface area contributed by atoms with Crippen molar-refractivity contribution in [1.82, 2.24) is 14.4 Å². The van der Waals surface area contributed by atoms with Gasteiger partial charge in [0.05, 0.1) is 17.0 Å². The van der Waals surface area contributed by atoms with E-state index in [1.165, 1.54) is 16.7 Å². The smallest absolute Gasteiger partial charge is 0.337 e. The van der Waals surface area contributed by atoms with Gasteiger partial charge in [-0.3, -0.25) is 14.2 Å². The second-order valence-corrected chi connectivity index (χ2v) is 5.92. The summed E-state index contributed by atoms with van der Waals surface area (Å²) in [6.45, 7) is 2.05. The average Bonchev–Trinajstić information content (AvgIpc) is 2.66. The lowest BCUT2D eigenvalue weighted by Gasteiger charge is -2.09. The maximum atomic E-state index is 12.9. The summed E-state index contributed by atoms with van der Waals surface area (Å²) in [4.78, 5) is 32.9. The minimum atomic E-state index is -1.08. The molecule has 6 nitrogen and oxygen atoms in total. The molecule has 3 heterocycles. The minimum Gasteiger partial charge on any atom is -0.478 e. The fourth-order valence-electron chi connectivity index (χ4n) is 2.68. The first-order valence-corrected chi connectivity index (χ1v) is 8.48. The molecule has 0 aliphatic heterocycles. The lowest BCUT2D eigenvalue weighted by molar-refractivity contribution is 0.0696. The number of carboxylic acids is 1. The van der Waals surface area contributed by atoms with Crippen molar-refractivity contribution in [2.24, 2.45) is 0 Å². The molecule has 0 unspecified atom stereocenters. The molecule has 3 aromatic rings. The summed E-state index contributed by atoms with van der Waals surface area (Å²) in [6, 6.07) is 8.59. The number of nitrogens with zero attached hydrogens (tertiary/aromatic N) is 3. The van der Waals surface area contributed by atoms with Gasteiger partial charge in [0, 0.05) is 18.0 Å². The number of hydrogen-bond acceptors (Lipinski definition) is 4. The van der Waals surface area contributed by atoms with Crippen LogP contribution >= 0.6 is 0 Å². The van der Waals surface area contributed by atoms with E-state index in [0.29, 0.717) is 23.3 Å². The second kappa shape index (κ2) is 7.74. The van der Waals surface area contributed by atoms with Gasteiger partial charge in [-0.2, -0.15) is 0 Å². The van der Waals surface area contributed by atoms with Crippen LogP contribution in [-0.4, -0.2) is 25.4 Å². The Labute approximate surface area is 150 Å². The SMILES string of the molecule is CCCCc1c(/C=C/c2ccccn2)nc2ccc(C(=O)O)cn2c1=O. The monoisotopic (exact) mass is 349 g/mol. The van der Waals surface area contributed by atoms with E-state index < -0.39 is 5.97 Å². The number of carbonyl (C=O) groups is 1. The summed E-state index contributed by atoms with van der Waals surface area (Å²) in [5, 5.41) is 9.16. The first-order valence-electron chi connectivity index (χ1n) is 8.48. The van der Waals surface area contributed by atoms with Crippen molar-refractivity contribution in [1.29, 1.82) is 0 Å². The van der Waals surface area contributed by atoms with E-state index in [4.69, 9.17) is 5.11 Å². The van der Waals surface area contributed by atoms with Crippen LogP contribution in [0.15, 0.2) is 47.5 Å². The molecule has 6 heteroatoms. The Morgan fingerprint density at radius 3 is 2.77 bits per heavy atom. The van der Waals surface area contributed by atoms with E-state index >= 15 is 0 Å². The van der Waals surface area contributed by atoms with Gasteiger partial charge in [-0.15, -0.1) is 0 Å². The van der Waals surface area contributed by atoms with E-state index in [1.807, 2.05) is 24.3 Å². The Morgan fingerprint density at radius 1 is 1.23 bits per heavy atom. The van der Waals surface area contributed by atoms with Crippen LogP contribution in [0.1, 0.15) is 47.1 Å². The van der Waals surface area contributed by atoms with Crippen molar-refractivity contribution in [3.8, 4) is 0 Å². The topological polar surface area (TPSA) is 84.6 Å². The van der Waals surface area contributed by atoms with Gasteiger partial charge >= 0.3 is 5.97 Å². The molecule has 0 aliphatic rings. The van der Waals surface area contributed by atoms with E-state index in [-0.39, 0.29) is 11.1 Å². The third-order valence-corrected chi connectivity index (χ3v) is 4.08. The van der Waals surface area contributed by atoms with Crippen LogP contribution in [-0.2, 0) is 6.42 Å². The van der Waals surface area contributed by atoms with Gasteiger partial charge in [-0.1, -0.05) is 19.4 Å². The Kier molecular flexibility index (Phi) is 5.22. The first-order chi connectivity index (χ1) is 12.6. The third kappa shape index (κ3) is 3.69. The maximum absolute atomic E-state index is 12.9. The molecule has 0 atom stereocenters. The zero-order chi connectivity index (χ0) is 18.5. The van der Waals surface area contributed by atoms with E-state index in [0.717, 1.165) is 18.5 Å². The van der Waals surface area contributed by atoms with Crippen molar-refractivity contribution in [2.45, 2.75) is 26.2 Å². The Morgan fingerprint density at radius 2 is 2.08 bits per heavy atom. The molecule has 26 heavy (non-hydrogen) atoms. The maximum Gasteiger partial charge on any atom is 0.337 e. The minimum absolute atomic E-state index is 0.0552. The number of aromatic carboxylic acids is 1. The molecule has 0 radical (unpaired) electrons. The van der Waals surface area contributed by atoms with Gasteiger partial charge in [0.25, 0.3) is 5.56 Å². The van der Waals surface area contributed by atoms with Gasteiger partial charge in [0.2, 0.25) is 0 Å². The van der Waals surface area contributed by atoms with Gasteiger partial charge < -0.3 is 5.11 Å². The van der Waals surface area contributed by atoms with Crippen LogP contribution in [0.4, 0.5) is 0 Å². The zero-order valence-electron chi connectivity index (χ0n) is 14.4. The standard InChI is InChI=1S/C20H19N3O3/c1-2-3-7-16-17(10-9-15-6-4-5-12-21-15)22-18-11-8-14(20(25)26)13-23(18)19(16)24/h4-6,8-13H,2-3,7H2,1H3,(H,25,26)/b10-9+. The average molecular weight is 349 g/mol. The Balaban J connectivity index is 2.14. The molecule has 0 amide bonds. The van der Waals surface area contributed by atoms with Gasteiger partial charge in [-0.25, -0.2) is 9.78 Å². The molecule has 0 saturated heterocycles. The molecule has 0 spiro atoms. The lowest BCUT2D eigenvalue weighted by atomic mass is 10.1. The fourth-order valence-corrected chi connectivity index (χ4v) is 2.68. The summed E-state index contributed by atoms with van der Waals surface area (Å²) in [7, 11) is 0. The molecular formula is C20H19N3O3.